The van der Waals surface area contributed by atoms with E-state index in [1.807, 2.05) is 0 Å². The topological polar surface area (TPSA) is 84.5 Å². The van der Waals surface area contributed by atoms with Gasteiger partial charge >= 0.3 is 0 Å². The molecule has 0 atom stereocenters. The van der Waals surface area contributed by atoms with Crippen molar-refractivity contribution in [2.24, 2.45) is 0 Å². The lowest BCUT2D eigenvalue weighted by molar-refractivity contribution is 0.00147. The first-order chi connectivity index (χ1) is 10.9. The van der Waals surface area contributed by atoms with E-state index in [-0.39, 0.29) is 0 Å². The third kappa shape index (κ3) is 9.31. The summed E-state index contributed by atoms with van der Waals surface area (Å²) in [6, 6.07) is 4.17. The van der Waals surface area contributed by atoms with Crippen LogP contribution >= 0.6 is 23.5 Å². The maximum atomic E-state index is 9.15. The second kappa shape index (κ2) is 13.9. The minimum absolute atomic E-state index is 0.441. The molecule has 0 saturated carbocycles. The monoisotopic (exact) mass is 344 g/mol. The van der Waals surface area contributed by atoms with Crippen molar-refractivity contribution in [3.63, 3.8) is 0 Å². The van der Waals surface area contributed by atoms with Crippen LogP contribution in [0.3, 0.4) is 0 Å². The molecule has 0 aromatic heterocycles. The number of nitriles is 2. The Labute approximate surface area is 139 Å². The fourth-order valence-corrected chi connectivity index (χ4v) is 3.11. The number of allylic oxidation sites excluding steroid dienone is 2. The first kappa shape index (κ1) is 19.3. The van der Waals surface area contributed by atoms with Crippen LogP contribution in [-0.4, -0.2) is 64.4 Å². The summed E-state index contributed by atoms with van der Waals surface area (Å²) in [6.07, 6.45) is 0. The molecule has 0 bridgehead atoms. The second-order valence-electron chi connectivity index (χ2n) is 4.03. The fourth-order valence-electron chi connectivity index (χ4n) is 1.46. The molecule has 0 spiro atoms. The van der Waals surface area contributed by atoms with Gasteiger partial charge in [0.1, 0.15) is 21.9 Å². The molecule has 1 aliphatic heterocycles. The van der Waals surface area contributed by atoms with Crippen LogP contribution in [0.1, 0.15) is 0 Å². The SMILES string of the molecule is N#C/C1=C(\C#N)SCCOCCOCCOCCOCCS1. The number of hydrogen-bond acceptors (Lipinski definition) is 8. The van der Waals surface area contributed by atoms with E-state index in [2.05, 4.69) is 12.1 Å². The second-order valence-corrected chi connectivity index (χ2v) is 6.24. The fraction of sp³-hybridized carbons (Fsp3) is 0.714. The van der Waals surface area contributed by atoms with Crippen molar-refractivity contribution >= 4 is 23.5 Å². The quantitative estimate of drug-likeness (QED) is 0.657. The largest absolute Gasteiger partial charge is 0.378 e. The Morgan fingerprint density at radius 3 is 1.23 bits per heavy atom. The zero-order valence-electron chi connectivity index (χ0n) is 12.4. The van der Waals surface area contributed by atoms with Crippen molar-refractivity contribution in [1.29, 1.82) is 10.5 Å². The number of ether oxygens (including phenoxy) is 4. The van der Waals surface area contributed by atoms with E-state index in [0.717, 1.165) is 0 Å². The summed E-state index contributed by atoms with van der Waals surface area (Å²) >= 11 is 2.69. The summed E-state index contributed by atoms with van der Waals surface area (Å²) in [7, 11) is 0. The van der Waals surface area contributed by atoms with Gasteiger partial charge in [-0.2, -0.15) is 10.5 Å². The number of hydrogen-bond donors (Lipinski definition) is 0. The Kier molecular flexibility index (Phi) is 12.2. The predicted molar refractivity (Wildman–Crippen MR) is 86.4 cm³/mol. The Morgan fingerprint density at radius 2 is 0.909 bits per heavy atom. The van der Waals surface area contributed by atoms with Crippen LogP contribution in [0.25, 0.3) is 0 Å². The molecule has 1 aliphatic rings. The van der Waals surface area contributed by atoms with E-state index >= 15 is 0 Å². The maximum absolute atomic E-state index is 9.15. The maximum Gasteiger partial charge on any atom is 0.109 e. The average Bonchev–Trinajstić information content (AvgIpc) is 2.54. The van der Waals surface area contributed by atoms with Crippen molar-refractivity contribution in [2.75, 3.05) is 64.4 Å². The minimum Gasteiger partial charge on any atom is -0.378 e. The van der Waals surface area contributed by atoms with Crippen LogP contribution in [0.4, 0.5) is 0 Å². The van der Waals surface area contributed by atoms with Gasteiger partial charge < -0.3 is 18.9 Å². The molecular formula is C14H20N2O4S2. The molecule has 0 N–H and O–H groups in total. The van der Waals surface area contributed by atoms with E-state index < -0.39 is 0 Å². The number of nitrogens with zero attached hydrogens (tertiary/aromatic N) is 2. The molecular weight excluding hydrogens is 324 g/mol. The van der Waals surface area contributed by atoms with Crippen molar-refractivity contribution in [2.45, 2.75) is 0 Å². The Balaban J connectivity index is 2.46. The van der Waals surface area contributed by atoms with Crippen LogP contribution in [0.15, 0.2) is 9.81 Å². The molecule has 0 unspecified atom stereocenters. The molecule has 0 aromatic carbocycles. The highest BCUT2D eigenvalue weighted by atomic mass is 32.2. The van der Waals surface area contributed by atoms with Gasteiger partial charge in [-0.05, 0) is 0 Å². The summed E-state index contributed by atoms with van der Waals surface area (Å²) < 4.78 is 21.5. The van der Waals surface area contributed by atoms with Gasteiger partial charge in [-0.3, -0.25) is 0 Å². The third-order valence-corrected chi connectivity index (χ3v) is 4.51. The number of thioether (sulfide) groups is 2. The molecule has 0 saturated heterocycles. The van der Waals surface area contributed by atoms with E-state index in [0.29, 0.717) is 74.2 Å². The predicted octanol–water partition coefficient (Wildman–Crippen LogP) is 1.79. The summed E-state index contributed by atoms with van der Waals surface area (Å²) in [5.41, 5.74) is 0. The van der Waals surface area contributed by atoms with Crippen molar-refractivity contribution in [1.82, 2.24) is 0 Å². The molecule has 6 nitrogen and oxygen atoms in total. The molecule has 1 rings (SSSR count). The molecule has 0 aliphatic carbocycles. The van der Waals surface area contributed by atoms with Crippen LogP contribution < -0.4 is 0 Å². The van der Waals surface area contributed by atoms with Crippen LogP contribution in [0.2, 0.25) is 0 Å². The van der Waals surface area contributed by atoms with E-state index in [1.54, 1.807) is 0 Å². The highest BCUT2D eigenvalue weighted by Crippen LogP contribution is 2.26. The Hall–Kier alpha value is -0.740. The van der Waals surface area contributed by atoms with Gasteiger partial charge in [-0.25, -0.2) is 0 Å². The van der Waals surface area contributed by atoms with Gasteiger partial charge in [0.25, 0.3) is 0 Å². The third-order valence-electron chi connectivity index (χ3n) is 2.47. The van der Waals surface area contributed by atoms with Crippen LogP contribution in [0, 0.1) is 22.7 Å². The van der Waals surface area contributed by atoms with Gasteiger partial charge in [-0.1, -0.05) is 0 Å². The van der Waals surface area contributed by atoms with Gasteiger partial charge in [0.05, 0.1) is 52.9 Å². The lowest BCUT2D eigenvalue weighted by atomic mass is 10.5. The molecule has 1 heterocycles. The van der Waals surface area contributed by atoms with Crippen molar-refractivity contribution in [3.05, 3.63) is 9.81 Å². The number of rotatable bonds is 0. The first-order valence-corrected chi connectivity index (χ1v) is 8.96. The first-order valence-electron chi connectivity index (χ1n) is 6.99. The zero-order valence-corrected chi connectivity index (χ0v) is 14.0. The molecule has 0 amide bonds. The standard InChI is InChI=1S/C14H20N2O4S2/c15-11-13-14(12-16)22-10-8-20-6-4-18-2-1-17-3-5-19-7-9-21-13/h1-10H2/b14-13-. The minimum atomic E-state index is 0.441. The highest BCUT2D eigenvalue weighted by Gasteiger charge is 2.08. The Bertz CT molecular complexity index is 380. The van der Waals surface area contributed by atoms with E-state index in [1.165, 1.54) is 23.5 Å². The molecule has 0 aromatic rings. The van der Waals surface area contributed by atoms with Gasteiger partial charge in [-0.15, -0.1) is 23.5 Å². The zero-order chi connectivity index (χ0) is 15.9. The summed E-state index contributed by atoms with van der Waals surface area (Å²) in [5.74, 6) is 1.27. The summed E-state index contributed by atoms with van der Waals surface area (Å²) in [6.45, 7) is 4.17. The Morgan fingerprint density at radius 1 is 0.591 bits per heavy atom. The van der Waals surface area contributed by atoms with E-state index in [9.17, 15) is 0 Å². The molecule has 122 valence electrons. The highest BCUT2D eigenvalue weighted by molar-refractivity contribution is 8.07. The summed E-state index contributed by atoms with van der Waals surface area (Å²) in [5, 5.41) is 18.3. The molecule has 22 heavy (non-hydrogen) atoms. The average molecular weight is 344 g/mol. The van der Waals surface area contributed by atoms with Crippen molar-refractivity contribution < 1.29 is 18.9 Å². The molecule has 0 fully saturated rings. The summed E-state index contributed by atoms with van der Waals surface area (Å²) in [4.78, 5) is 0.883. The smallest absolute Gasteiger partial charge is 0.109 e. The van der Waals surface area contributed by atoms with Gasteiger partial charge in [0, 0.05) is 11.5 Å². The lowest BCUT2D eigenvalue weighted by Gasteiger charge is -2.09. The van der Waals surface area contributed by atoms with E-state index in [4.69, 9.17) is 29.5 Å². The lowest BCUT2D eigenvalue weighted by Crippen LogP contribution is -2.13. The van der Waals surface area contributed by atoms with Crippen LogP contribution in [0.5, 0.6) is 0 Å². The van der Waals surface area contributed by atoms with Crippen LogP contribution in [-0.2, 0) is 18.9 Å². The molecule has 8 heteroatoms. The normalized spacial score (nSPS) is 24.5. The van der Waals surface area contributed by atoms with Gasteiger partial charge in [0.2, 0.25) is 0 Å². The van der Waals surface area contributed by atoms with Crippen molar-refractivity contribution in [3.8, 4) is 12.1 Å². The molecule has 0 radical (unpaired) electrons. The van der Waals surface area contributed by atoms with Gasteiger partial charge in [0.15, 0.2) is 0 Å².